The Labute approximate surface area is 172 Å². The van der Waals surface area contributed by atoms with Crippen LogP contribution in [-0.2, 0) is 0 Å². The van der Waals surface area contributed by atoms with E-state index in [0.717, 1.165) is 44.8 Å². The van der Waals surface area contributed by atoms with E-state index < -0.39 is 0 Å². The summed E-state index contributed by atoms with van der Waals surface area (Å²) in [5, 5.41) is 1.47. The van der Waals surface area contributed by atoms with Crippen LogP contribution in [0.3, 0.4) is 0 Å². The third-order valence-electron chi connectivity index (χ3n) is 4.74. The highest BCUT2D eigenvalue weighted by Crippen LogP contribution is 2.36. The Kier molecular flexibility index (Phi) is 4.47. The Hall–Kier alpha value is -3.63. The van der Waals surface area contributed by atoms with Crippen molar-refractivity contribution in [2.45, 2.75) is 0 Å². The van der Waals surface area contributed by atoms with E-state index in [0.29, 0.717) is 5.15 Å². The van der Waals surface area contributed by atoms with Gasteiger partial charge in [-0.05, 0) is 42.0 Å². The second-order valence-electron chi connectivity index (χ2n) is 6.60. The molecule has 140 valence electrons. The van der Waals surface area contributed by atoms with Crippen LogP contribution in [0.25, 0.3) is 33.3 Å². The molecule has 0 amide bonds. The molecule has 0 aliphatic rings. The zero-order valence-corrected chi connectivity index (χ0v) is 16.1. The van der Waals surface area contributed by atoms with Crippen molar-refractivity contribution in [3.63, 3.8) is 0 Å². The van der Waals surface area contributed by atoms with Crippen LogP contribution in [-0.4, -0.2) is 15.0 Å². The van der Waals surface area contributed by atoms with Crippen molar-refractivity contribution in [1.82, 2.24) is 15.0 Å². The Morgan fingerprint density at radius 3 is 2.48 bits per heavy atom. The molecule has 3 heterocycles. The van der Waals surface area contributed by atoms with Gasteiger partial charge in [0.25, 0.3) is 0 Å². The van der Waals surface area contributed by atoms with Crippen LogP contribution < -0.4 is 4.74 Å². The summed E-state index contributed by atoms with van der Waals surface area (Å²) >= 11 is 6.08. The normalized spacial score (nSPS) is 10.9. The zero-order chi connectivity index (χ0) is 19.6. The molecule has 0 fully saturated rings. The molecule has 0 aliphatic carbocycles. The molecular formula is C24H16ClN3O. The first-order chi connectivity index (χ1) is 14.3. The summed E-state index contributed by atoms with van der Waals surface area (Å²) in [5.41, 5.74) is 4.79. The number of nitrogens with zero attached hydrogens (tertiary/aromatic N) is 2. The first kappa shape index (κ1) is 17.5. The van der Waals surface area contributed by atoms with Gasteiger partial charge in [-0.2, -0.15) is 0 Å². The largest absolute Gasteiger partial charge is 0.457 e. The van der Waals surface area contributed by atoms with Gasteiger partial charge in [0, 0.05) is 40.7 Å². The Bertz CT molecular complexity index is 1300. The Morgan fingerprint density at radius 1 is 0.793 bits per heavy atom. The second kappa shape index (κ2) is 7.41. The SMILES string of the molecule is Clc1cc(-c2c[nH]c3ncc(-c4ccccc4Oc4ccccc4)cc23)ccn1. The smallest absolute Gasteiger partial charge is 0.137 e. The van der Waals surface area contributed by atoms with Crippen LogP contribution in [0.4, 0.5) is 0 Å². The van der Waals surface area contributed by atoms with Gasteiger partial charge in [-0.3, -0.25) is 0 Å². The van der Waals surface area contributed by atoms with Gasteiger partial charge >= 0.3 is 0 Å². The fourth-order valence-corrected chi connectivity index (χ4v) is 3.54. The summed E-state index contributed by atoms with van der Waals surface area (Å²) in [6.45, 7) is 0. The van der Waals surface area contributed by atoms with E-state index in [1.54, 1.807) is 6.20 Å². The molecule has 3 aromatic heterocycles. The van der Waals surface area contributed by atoms with Crippen LogP contribution in [0.15, 0.2) is 91.4 Å². The fourth-order valence-electron chi connectivity index (χ4n) is 3.37. The molecule has 5 heteroatoms. The Morgan fingerprint density at radius 2 is 1.62 bits per heavy atom. The van der Waals surface area contributed by atoms with Gasteiger partial charge in [0.1, 0.15) is 22.3 Å². The second-order valence-corrected chi connectivity index (χ2v) is 6.99. The topological polar surface area (TPSA) is 50.8 Å². The van der Waals surface area contributed by atoms with Crippen LogP contribution in [0.2, 0.25) is 5.15 Å². The predicted octanol–water partition coefficient (Wildman–Crippen LogP) is 6.74. The molecule has 0 saturated heterocycles. The average Bonchev–Trinajstić information content (AvgIpc) is 3.18. The van der Waals surface area contributed by atoms with Gasteiger partial charge < -0.3 is 9.72 Å². The highest BCUT2D eigenvalue weighted by molar-refractivity contribution is 6.29. The lowest BCUT2D eigenvalue weighted by Gasteiger charge is -2.11. The molecule has 5 rings (SSSR count). The number of para-hydroxylation sites is 2. The minimum Gasteiger partial charge on any atom is -0.457 e. The van der Waals surface area contributed by atoms with Crippen molar-refractivity contribution in [2.24, 2.45) is 0 Å². The van der Waals surface area contributed by atoms with E-state index in [9.17, 15) is 0 Å². The standard InChI is InChI=1S/C24H16ClN3O/c25-23-13-16(10-11-26-23)21-15-28-24-20(21)12-17(14-27-24)19-8-4-5-9-22(19)29-18-6-2-1-3-7-18/h1-15H,(H,27,28). The molecule has 1 N–H and O–H groups in total. The van der Waals surface area contributed by atoms with Gasteiger partial charge in [-0.15, -0.1) is 0 Å². The molecule has 0 saturated carbocycles. The molecule has 2 aromatic carbocycles. The van der Waals surface area contributed by atoms with Crippen molar-refractivity contribution in [2.75, 3.05) is 0 Å². The maximum absolute atomic E-state index is 6.13. The monoisotopic (exact) mass is 397 g/mol. The molecular weight excluding hydrogens is 382 g/mol. The van der Waals surface area contributed by atoms with Crippen LogP contribution in [0, 0.1) is 0 Å². The summed E-state index contributed by atoms with van der Waals surface area (Å²) in [7, 11) is 0. The molecule has 0 aliphatic heterocycles. The van der Waals surface area contributed by atoms with Gasteiger partial charge in [0.2, 0.25) is 0 Å². The molecule has 0 unspecified atom stereocenters. The number of rotatable bonds is 4. The number of hydrogen-bond donors (Lipinski definition) is 1. The van der Waals surface area contributed by atoms with Crippen molar-refractivity contribution in [1.29, 1.82) is 0 Å². The number of halogens is 1. The number of hydrogen-bond acceptors (Lipinski definition) is 3. The zero-order valence-electron chi connectivity index (χ0n) is 15.3. The number of ether oxygens (including phenoxy) is 1. The summed E-state index contributed by atoms with van der Waals surface area (Å²) in [6, 6.07) is 23.6. The minimum absolute atomic E-state index is 0.461. The summed E-state index contributed by atoms with van der Waals surface area (Å²) in [6.07, 6.45) is 5.51. The molecule has 0 bridgehead atoms. The number of H-pyrrole nitrogens is 1. The minimum atomic E-state index is 0.461. The van der Waals surface area contributed by atoms with Gasteiger partial charge in [0.05, 0.1) is 0 Å². The van der Waals surface area contributed by atoms with E-state index in [-0.39, 0.29) is 0 Å². The molecule has 4 nitrogen and oxygen atoms in total. The van der Waals surface area contributed by atoms with E-state index in [2.05, 4.69) is 21.0 Å². The highest BCUT2D eigenvalue weighted by Gasteiger charge is 2.12. The maximum atomic E-state index is 6.13. The first-order valence-electron chi connectivity index (χ1n) is 9.19. The quantitative estimate of drug-likeness (QED) is 0.342. The molecule has 5 aromatic rings. The van der Waals surface area contributed by atoms with E-state index in [1.165, 1.54) is 0 Å². The molecule has 0 atom stereocenters. The lowest BCUT2D eigenvalue weighted by atomic mass is 10.0. The molecule has 0 spiro atoms. The van der Waals surface area contributed by atoms with Crippen molar-refractivity contribution in [3.8, 4) is 33.8 Å². The summed E-state index contributed by atoms with van der Waals surface area (Å²) < 4.78 is 6.13. The van der Waals surface area contributed by atoms with Crippen molar-refractivity contribution < 1.29 is 4.74 Å². The van der Waals surface area contributed by atoms with E-state index >= 15 is 0 Å². The predicted molar refractivity (Wildman–Crippen MR) is 116 cm³/mol. The van der Waals surface area contributed by atoms with Crippen molar-refractivity contribution in [3.05, 3.63) is 96.5 Å². The number of fused-ring (bicyclic) bond motifs is 1. The summed E-state index contributed by atoms with van der Waals surface area (Å²) in [5.74, 6) is 1.58. The fraction of sp³-hybridized carbons (Fsp3) is 0. The number of aromatic amines is 1. The third-order valence-corrected chi connectivity index (χ3v) is 4.94. The molecule has 29 heavy (non-hydrogen) atoms. The lowest BCUT2D eigenvalue weighted by Crippen LogP contribution is -1.89. The number of nitrogens with one attached hydrogen (secondary N) is 1. The van der Waals surface area contributed by atoms with Crippen LogP contribution in [0.5, 0.6) is 11.5 Å². The third kappa shape index (κ3) is 3.46. The maximum Gasteiger partial charge on any atom is 0.137 e. The van der Waals surface area contributed by atoms with E-state index in [1.807, 2.05) is 79.1 Å². The van der Waals surface area contributed by atoms with Gasteiger partial charge in [-0.25, -0.2) is 9.97 Å². The summed E-state index contributed by atoms with van der Waals surface area (Å²) in [4.78, 5) is 11.9. The number of pyridine rings is 2. The van der Waals surface area contributed by atoms with Crippen LogP contribution in [0.1, 0.15) is 0 Å². The lowest BCUT2D eigenvalue weighted by molar-refractivity contribution is 0.484. The first-order valence-corrected chi connectivity index (χ1v) is 9.57. The van der Waals surface area contributed by atoms with Gasteiger partial charge in [-0.1, -0.05) is 48.0 Å². The highest BCUT2D eigenvalue weighted by atomic mass is 35.5. The van der Waals surface area contributed by atoms with Gasteiger partial charge in [0.15, 0.2) is 0 Å². The van der Waals surface area contributed by atoms with Crippen LogP contribution >= 0.6 is 11.6 Å². The van der Waals surface area contributed by atoms with Crippen molar-refractivity contribution >= 4 is 22.6 Å². The number of benzene rings is 2. The van der Waals surface area contributed by atoms with E-state index in [4.69, 9.17) is 16.3 Å². The average molecular weight is 398 g/mol. The number of aromatic nitrogens is 3. The molecule has 0 radical (unpaired) electrons. The Balaban J connectivity index is 1.61.